The molecular formula is C14H22N4O2. The van der Waals surface area contributed by atoms with Gasteiger partial charge in [-0.2, -0.15) is 0 Å². The van der Waals surface area contributed by atoms with E-state index in [1.807, 2.05) is 6.92 Å². The first-order valence-electron chi connectivity index (χ1n) is 7.15. The summed E-state index contributed by atoms with van der Waals surface area (Å²) in [4.78, 5) is 13.9. The van der Waals surface area contributed by atoms with E-state index in [2.05, 4.69) is 15.5 Å². The Morgan fingerprint density at radius 3 is 2.90 bits per heavy atom. The minimum atomic E-state index is -0.116. The van der Waals surface area contributed by atoms with Crippen molar-refractivity contribution in [1.29, 1.82) is 0 Å². The van der Waals surface area contributed by atoms with Crippen LogP contribution >= 0.6 is 0 Å². The molecule has 1 aliphatic heterocycles. The third-order valence-corrected chi connectivity index (χ3v) is 3.34. The molecule has 1 saturated heterocycles. The van der Waals surface area contributed by atoms with Crippen LogP contribution in [0.1, 0.15) is 36.7 Å². The molecule has 110 valence electrons. The molecule has 6 heteroatoms. The van der Waals surface area contributed by atoms with Gasteiger partial charge < -0.3 is 15.0 Å². The molecule has 1 N–H and O–H groups in total. The molecule has 1 aromatic heterocycles. The summed E-state index contributed by atoms with van der Waals surface area (Å²) in [6, 6.07) is 3.47. The molecule has 1 aromatic rings. The van der Waals surface area contributed by atoms with Crippen LogP contribution in [-0.4, -0.2) is 53.9 Å². The molecule has 0 bridgehead atoms. The SMILES string of the molecule is CCNc1ccc(C(=O)N(C)CC2CCCCO2)nn1. The first kappa shape index (κ1) is 14.7. The molecule has 2 rings (SSSR count). The summed E-state index contributed by atoms with van der Waals surface area (Å²) in [6.07, 6.45) is 3.45. The average Bonchev–Trinajstić information content (AvgIpc) is 2.48. The van der Waals surface area contributed by atoms with Gasteiger partial charge in [-0.15, -0.1) is 10.2 Å². The molecule has 0 spiro atoms. The lowest BCUT2D eigenvalue weighted by atomic mass is 10.1. The maximum Gasteiger partial charge on any atom is 0.274 e. The van der Waals surface area contributed by atoms with Crippen molar-refractivity contribution in [2.75, 3.05) is 32.1 Å². The quantitative estimate of drug-likeness (QED) is 0.885. The Labute approximate surface area is 119 Å². The van der Waals surface area contributed by atoms with Crippen LogP contribution < -0.4 is 5.32 Å². The van der Waals surface area contributed by atoms with Gasteiger partial charge in [-0.3, -0.25) is 4.79 Å². The summed E-state index contributed by atoms with van der Waals surface area (Å²) >= 11 is 0. The van der Waals surface area contributed by atoms with E-state index in [-0.39, 0.29) is 12.0 Å². The zero-order valence-corrected chi connectivity index (χ0v) is 12.1. The smallest absolute Gasteiger partial charge is 0.274 e. The Balaban J connectivity index is 1.91. The van der Waals surface area contributed by atoms with Crippen molar-refractivity contribution in [3.63, 3.8) is 0 Å². The number of hydrogen-bond donors (Lipinski definition) is 1. The number of likely N-dealkylation sites (N-methyl/N-ethyl adjacent to an activating group) is 1. The second kappa shape index (κ2) is 7.19. The Morgan fingerprint density at radius 2 is 2.30 bits per heavy atom. The number of hydrogen-bond acceptors (Lipinski definition) is 5. The molecule has 0 aliphatic carbocycles. The molecule has 2 heterocycles. The average molecular weight is 278 g/mol. The zero-order valence-electron chi connectivity index (χ0n) is 12.1. The van der Waals surface area contributed by atoms with Gasteiger partial charge in [0.15, 0.2) is 5.69 Å². The first-order chi connectivity index (χ1) is 9.70. The highest BCUT2D eigenvalue weighted by Crippen LogP contribution is 2.14. The summed E-state index contributed by atoms with van der Waals surface area (Å²) in [5.41, 5.74) is 0.366. The summed E-state index contributed by atoms with van der Waals surface area (Å²) in [5.74, 6) is 0.567. The van der Waals surface area contributed by atoms with Crippen molar-refractivity contribution in [2.45, 2.75) is 32.3 Å². The van der Waals surface area contributed by atoms with E-state index >= 15 is 0 Å². The fourth-order valence-electron chi connectivity index (χ4n) is 2.26. The molecule has 1 amide bonds. The van der Waals surface area contributed by atoms with Gasteiger partial charge >= 0.3 is 0 Å². The highest BCUT2D eigenvalue weighted by atomic mass is 16.5. The van der Waals surface area contributed by atoms with Crippen LogP contribution in [0, 0.1) is 0 Å². The number of carbonyl (C=O) groups excluding carboxylic acids is 1. The minimum Gasteiger partial charge on any atom is -0.376 e. The van der Waals surface area contributed by atoms with Crippen molar-refractivity contribution < 1.29 is 9.53 Å². The first-order valence-corrected chi connectivity index (χ1v) is 7.15. The van der Waals surface area contributed by atoms with Gasteiger partial charge in [0.1, 0.15) is 5.82 Å². The largest absolute Gasteiger partial charge is 0.376 e. The maximum atomic E-state index is 12.2. The summed E-state index contributed by atoms with van der Waals surface area (Å²) in [7, 11) is 1.78. The molecule has 20 heavy (non-hydrogen) atoms. The standard InChI is InChI=1S/C14H22N4O2/c1-3-15-13-8-7-12(16-17-13)14(19)18(2)10-11-6-4-5-9-20-11/h7-8,11H,3-6,9-10H2,1-2H3,(H,15,17). The topological polar surface area (TPSA) is 67.4 Å². The number of ether oxygens (including phenoxy) is 1. The Bertz CT molecular complexity index is 429. The lowest BCUT2D eigenvalue weighted by molar-refractivity contribution is -0.000309. The third kappa shape index (κ3) is 3.90. The van der Waals surface area contributed by atoms with Crippen molar-refractivity contribution in [1.82, 2.24) is 15.1 Å². The van der Waals surface area contributed by atoms with Gasteiger partial charge in [-0.1, -0.05) is 0 Å². The van der Waals surface area contributed by atoms with E-state index in [9.17, 15) is 4.79 Å². The number of anilines is 1. The van der Waals surface area contributed by atoms with E-state index in [0.29, 0.717) is 18.1 Å². The number of aromatic nitrogens is 2. The van der Waals surface area contributed by atoms with Gasteiger partial charge in [0.25, 0.3) is 5.91 Å². The monoisotopic (exact) mass is 278 g/mol. The molecule has 1 atom stereocenters. The Hall–Kier alpha value is -1.69. The number of amides is 1. The Morgan fingerprint density at radius 1 is 1.45 bits per heavy atom. The number of nitrogens with zero attached hydrogens (tertiary/aromatic N) is 3. The van der Waals surface area contributed by atoms with E-state index in [1.165, 1.54) is 6.42 Å². The predicted molar refractivity (Wildman–Crippen MR) is 76.7 cm³/mol. The fraction of sp³-hybridized carbons (Fsp3) is 0.643. The molecule has 0 saturated carbocycles. The predicted octanol–water partition coefficient (Wildman–Crippen LogP) is 1.55. The summed E-state index contributed by atoms with van der Waals surface area (Å²) in [6.45, 7) is 4.17. The number of nitrogens with one attached hydrogen (secondary N) is 1. The van der Waals surface area contributed by atoms with Crippen LogP contribution in [0.2, 0.25) is 0 Å². The van der Waals surface area contributed by atoms with Gasteiger partial charge in [0.05, 0.1) is 6.10 Å². The second-order valence-corrected chi connectivity index (χ2v) is 5.01. The number of rotatable bonds is 5. The molecule has 1 unspecified atom stereocenters. The molecular weight excluding hydrogens is 256 g/mol. The van der Waals surface area contributed by atoms with Crippen molar-refractivity contribution in [3.8, 4) is 0 Å². The van der Waals surface area contributed by atoms with Crippen LogP contribution in [-0.2, 0) is 4.74 Å². The highest BCUT2D eigenvalue weighted by molar-refractivity contribution is 5.92. The van der Waals surface area contributed by atoms with E-state index in [1.54, 1.807) is 24.1 Å². The van der Waals surface area contributed by atoms with Gasteiger partial charge in [-0.05, 0) is 38.3 Å². The minimum absolute atomic E-state index is 0.116. The molecule has 0 radical (unpaired) electrons. The van der Waals surface area contributed by atoms with Crippen LogP contribution in [0.3, 0.4) is 0 Å². The van der Waals surface area contributed by atoms with E-state index in [4.69, 9.17) is 4.74 Å². The van der Waals surface area contributed by atoms with Gasteiger partial charge in [0.2, 0.25) is 0 Å². The third-order valence-electron chi connectivity index (χ3n) is 3.34. The van der Waals surface area contributed by atoms with Crippen LogP contribution in [0.5, 0.6) is 0 Å². The van der Waals surface area contributed by atoms with Crippen molar-refractivity contribution >= 4 is 11.7 Å². The van der Waals surface area contributed by atoms with Gasteiger partial charge in [0, 0.05) is 26.7 Å². The van der Waals surface area contributed by atoms with Gasteiger partial charge in [-0.25, -0.2) is 0 Å². The molecule has 1 fully saturated rings. The van der Waals surface area contributed by atoms with E-state index < -0.39 is 0 Å². The van der Waals surface area contributed by atoms with Crippen LogP contribution in [0.25, 0.3) is 0 Å². The highest BCUT2D eigenvalue weighted by Gasteiger charge is 2.20. The Kier molecular flexibility index (Phi) is 5.29. The van der Waals surface area contributed by atoms with Crippen molar-refractivity contribution in [3.05, 3.63) is 17.8 Å². The summed E-state index contributed by atoms with van der Waals surface area (Å²) in [5, 5.41) is 11.0. The normalized spacial score (nSPS) is 18.6. The lowest BCUT2D eigenvalue weighted by Gasteiger charge is -2.27. The fourth-order valence-corrected chi connectivity index (χ4v) is 2.26. The molecule has 6 nitrogen and oxygen atoms in total. The zero-order chi connectivity index (χ0) is 14.4. The van der Waals surface area contributed by atoms with Crippen LogP contribution in [0.4, 0.5) is 5.82 Å². The second-order valence-electron chi connectivity index (χ2n) is 5.01. The summed E-state index contributed by atoms with van der Waals surface area (Å²) < 4.78 is 5.65. The molecule has 0 aromatic carbocycles. The number of carbonyl (C=O) groups is 1. The maximum absolute atomic E-state index is 12.2. The lowest BCUT2D eigenvalue weighted by Crippen LogP contribution is -2.37. The van der Waals surface area contributed by atoms with E-state index in [0.717, 1.165) is 26.0 Å². The van der Waals surface area contributed by atoms with Crippen molar-refractivity contribution in [2.24, 2.45) is 0 Å². The van der Waals surface area contributed by atoms with Crippen LogP contribution in [0.15, 0.2) is 12.1 Å². The molecule has 1 aliphatic rings.